The first kappa shape index (κ1) is 16.7. The van der Waals surface area contributed by atoms with E-state index < -0.39 is 12.5 Å². The first-order chi connectivity index (χ1) is 15.7. The van der Waals surface area contributed by atoms with Gasteiger partial charge in [0.05, 0.1) is 25.4 Å². The molecule has 0 aromatic heterocycles. The summed E-state index contributed by atoms with van der Waals surface area (Å²) < 4.78 is 44.8. The molecule has 2 aliphatic rings. The number of benzene rings is 2. The van der Waals surface area contributed by atoms with E-state index >= 15 is 0 Å². The van der Waals surface area contributed by atoms with Crippen LogP contribution in [0.15, 0.2) is 30.3 Å². The Morgan fingerprint density at radius 1 is 1.03 bits per heavy atom. The molecule has 6 nitrogen and oxygen atoms in total. The predicted octanol–water partition coefficient (Wildman–Crippen LogP) is 4.22. The second-order valence-corrected chi connectivity index (χ2v) is 7.74. The van der Waals surface area contributed by atoms with Crippen LogP contribution in [0.25, 0.3) is 11.1 Å². The smallest absolute Gasteiger partial charge is 0.315 e. The summed E-state index contributed by atoms with van der Waals surface area (Å²) in [7, 11) is -0.00608. The molecule has 1 fully saturated rings. The lowest BCUT2D eigenvalue weighted by Crippen LogP contribution is -2.44. The highest BCUT2D eigenvalue weighted by Crippen LogP contribution is 2.49. The number of rotatable bonds is 7. The number of Topliss-reactive ketones (excluding diaryl/α,β-unsaturated/α-hetero) is 1. The molecular weight excluding hydrogens is 384 g/mol. The third-order valence-electron chi connectivity index (χ3n) is 6.19. The van der Waals surface area contributed by atoms with Gasteiger partial charge in [-0.25, -0.2) is 0 Å². The van der Waals surface area contributed by atoms with Gasteiger partial charge in [0, 0.05) is 17.5 Å². The third kappa shape index (κ3) is 3.20. The molecule has 0 atom stereocenters. The fourth-order valence-electron chi connectivity index (χ4n) is 4.34. The first-order valence-corrected chi connectivity index (χ1v) is 9.96. The summed E-state index contributed by atoms with van der Waals surface area (Å²) in [6.45, 7) is 0.00511. The van der Waals surface area contributed by atoms with Gasteiger partial charge >= 0.3 is 5.97 Å². The minimum Gasteiger partial charge on any atom is -0.493 e. The summed E-state index contributed by atoms with van der Waals surface area (Å²) in [4.78, 5) is 24.7. The molecule has 0 aliphatic heterocycles. The zero-order valence-corrected chi connectivity index (χ0v) is 17.1. The van der Waals surface area contributed by atoms with E-state index in [0.29, 0.717) is 36.8 Å². The second kappa shape index (κ2) is 8.01. The van der Waals surface area contributed by atoms with Crippen LogP contribution in [0.4, 0.5) is 0 Å². The average molecular weight is 413 g/mol. The number of hydrogen-bond donors (Lipinski definition) is 0. The van der Waals surface area contributed by atoms with E-state index in [1.165, 1.54) is 14.2 Å². The predicted molar refractivity (Wildman–Crippen MR) is 111 cm³/mol. The van der Waals surface area contributed by atoms with Gasteiger partial charge in [0.2, 0.25) is 5.75 Å². The lowest BCUT2D eigenvalue weighted by molar-refractivity contribution is -0.161. The molecule has 30 heavy (non-hydrogen) atoms. The van der Waals surface area contributed by atoms with Crippen molar-refractivity contribution >= 4 is 11.8 Å². The Kier molecular flexibility index (Phi) is 4.47. The highest BCUT2D eigenvalue weighted by atomic mass is 16.5. The minimum absolute atomic E-state index is 0.00511. The molecule has 158 valence electrons. The van der Waals surface area contributed by atoms with E-state index in [-0.39, 0.29) is 35.6 Å². The van der Waals surface area contributed by atoms with E-state index in [2.05, 4.69) is 0 Å². The van der Waals surface area contributed by atoms with Gasteiger partial charge < -0.3 is 18.9 Å². The fourth-order valence-corrected chi connectivity index (χ4v) is 4.34. The van der Waals surface area contributed by atoms with Crippen LogP contribution in [0, 0.1) is 5.41 Å². The van der Waals surface area contributed by atoms with Crippen LogP contribution in [-0.4, -0.2) is 39.6 Å². The van der Waals surface area contributed by atoms with Gasteiger partial charge in [-0.1, -0.05) is 24.6 Å². The molecule has 1 saturated carbocycles. The lowest BCUT2D eigenvalue weighted by atomic mass is 9.69. The van der Waals surface area contributed by atoms with Gasteiger partial charge in [0.25, 0.3) is 0 Å². The van der Waals surface area contributed by atoms with E-state index in [1.54, 1.807) is 24.3 Å². The van der Waals surface area contributed by atoms with Gasteiger partial charge in [0.15, 0.2) is 17.3 Å². The number of methoxy groups -OCH3 is 3. The molecule has 0 heterocycles. The largest absolute Gasteiger partial charge is 0.493 e. The minimum atomic E-state index is -2.75. The molecule has 0 unspecified atom stereocenters. The highest BCUT2D eigenvalue weighted by molar-refractivity contribution is 6.02. The van der Waals surface area contributed by atoms with Gasteiger partial charge in [-0.3, -0.25) is 9.59 Å². The standard InChI is InChI=1S/C24H26O6/c1-27-20-11-9-18(15-6-4-7-17-16(15)8-10-19(17)25)21(22(20)28-2)30-14-24(12-5-13-24)23(26)29-3/h4,6-7,9,11H,5,8,10,12-14H2,1-3H3/i2D3. The van der Waals surface area contributed by atoms with Crippen LogP contribution < -0.4 is 14.2 Å². The van der Waals surface area contributed by atoms with E-state index in [0.717, 1.165) is 17.5 Å². The highest BCUT2D eigenvalue weighted by Gasteiger charge is 2.46. The van der Waals surface area contributed by atoms with Crippen molar-refractivity contribution in [2.24, 2.45) is 5.41 Å². The van der Waals surface area contributed by atoms with Gasteiger partial charge in [0.1, 0.15) is 12.0 Å². The monoisotopic (exact) mass is 413 g/mol. The summed E-state index contributed by atoms with van der Waals surface area (Å²) in [5.74, 6) is -0.0116. The van der Waals surface area contributed by atoms with Gasteiger partial charge in [-0.15, -0.1) is 0 Å². The number of carbonyl (C=O) groups excluding carboxylic acids is 2. The van der Waals surface area contributed by atoms with Crippen molar-refractivity contribution in [2.75, 3.05) is 27.9 Å². The van der Waals surface area contributed by atoms with Crippen LogP contribution in [-0.2, 0) is 16.0 Å². The normalized spacial score (nSPS) is 18.3. The van der Waals surface area contributed by atoms with Crippen molar-refractivity contribution in [1.82, 2.24) is 0 Å². The van der Waals surface area contributed by atoms with Crippen LogP contribution in [0.3, 0.4) is 0 Å². The molecule has 0 bridgehead atoms. The maximum atomic E-state index is 12.4. The van der Waals surface area contributed by atoms with Crippen molar-refractivity contribution in [3.63, 3.8) is 0 Å². The van der Waals surface area contributed by atoms with Crippen molar-refractivity contribution in [1.29, 1.82) is 0 Å². The fraction of sp³-hybridized carbons (Fsp3) is 0.417. The average Bonchev–Trinajstić information content (AvgIpc) is 3.13. The number of ketones is 1. The number of carbonyl (C=O) groups is 2. The number of esters is 1. The topological polar surface area (TPSA) is 71.1 Å². The Morgan fingerprint density at radius 2 is 1.83 bits per heavy atom. The summed E-state index contributed by atoms with van der Waals surface area (Å²) in [5, 5.41) is 0. The van der Waals surface area contributed by atoms with Crippen molar-refractivity contribution < 1.29 is 32.6 Å². The Morgan fingerprint density at radius 3 is 2.50 bits per heavy atom. The molecule has 0 radical (unpaired) electrons. The molecule has 0 spiro atoms. The van der Waals surface area contributed by atoms with Crippen LogP contribution in [0.2, 0.25) is 0 Å². The van der Waals surface area contributed by atoms with Crippen molar-refractivity contribution in [2.45, 2.75) is 32.1 Å². The molecule has 0 N–H and O–H groups in total. The Labute approximate surface area is 180 Å². The maximum Gasteiger partial charge on any atom is 0.315 e. The molecule has 6 heteroatoms. The number of ether oxygens (including phenoxy) is 4. The zero-order valence-electron chi connectivity index (χ0n) is 20.1. The van der Waals surface area contributed by atoms with Crippen LogP contribution in [0.5, 0.6) is 17.2 Å². The summed E-state index contributed by atoms with van der Waals surface area (Å²) in [6.07, 6.45) is 3.10. The Bertz CT molecular complexity index is 1090. The molecule has 2 aliphatic carbocycles. The SMILES string of the molecule is [2H]C([2H])([2H])Oc1c(OC)ccc(-c2cccc3c2CCC3=O)c1OCC1(C(=O)OC)CCC1. The Balaban J connectivity index is 1.85. The zero-order chi connectivity index (χ0) is 23.8. The maximum absolute atomic E-state index is 12.4. The van der Waals surface area contributed by atoms with Gasteiger partial charge in [-0.05, 0) is 42.5 Å². The van der Waals surface area contributed by atoms with Gasteiger partial charge in [-0.2, -0.15) is 0 Å². The lowest BCUT2D eigenvalue weighted by Gasteiger charge is -2.38. The first-order valence-electron chi connectivity index (χ1n) is 11.5. The van der Waals surface area contributed by atoms with Crippen molar-refractivity contribution in [3.8, 4) is 28.4 Å². The quantitative estimate of drug-likeness (QED) is 0.633. The van der Waals surface area contributed by atoms with E-state index in [9.17, 15) is 9.59 Å². The second-order valence-electron chi connectivity index (χ2n) is 7.74. The summed E-state index contributed by atoms with van der Waals surface area (Å²) in [6, 6.07) is 8.81. The van der Waals surface area contributed by atoms with Crippen molar-refractivity contribution in [3.05, 3.63) is 41.5 Å². The van der Waals surface area contributed by atoms with Crippen LogP contribution >= 0.6 is 0 Å². The number of fused-ring (bicyclic) bond motifs is 1. The Hall–Kier alpha value is -3.02. The third-order valence-corrected chi connectivity index (χ3v) is 6.19. The molecule has 0 amide bonds. The number of hydrogen-bond acceptors (Lipinski definition) is 6. The molecular formula is C24H26O6. The molecule has 2 aromatic rings. The molecule has 4 rings (SSSR count). The molecule has 2 aromatic carbocycles. The van der Waals surface area contributed by atoms with E-state index in [1.807, 2.05) is 6.07 Å². The molecule has 0 saturated heterocycles. The van der Waals surface area contributed by atoms with Crippen LogP contribution in [0.1, 0.15) is 45.7 Å². The summed E-state index contributed by atoms with van der Waals surface area (Å²) in [5.41, 5.74) is 2.07. The van der Waals surface area contributed by atoms with E-state index in [4.69, 9.17) is 23.1 Å². The summed E-state index contributed by atoms with van der Waals surface area (Å²) >= 11 is 0.